The van der Waals surface area contributed by atoms with E-state index in [1.807, 2.05) is 12.3 Å². The van der Waals surface area contributed by atoms with Crippen molar-refractivity contribution in [1.29, 1.82) is 0 Å². The maximum absolute atomic E-state index is 9.82. The second kappa shape index (κ2) is 7.50. The van der Waals surface area contributed by atoms with Crippen molar-refractivity contribution < 1.29 is 9.53 Å². The first-order valence-corrected chi connectivity index (χ1v) is 6.07. The molecule has 18 heavy (non-hydrogen) atoms. The van der Waals surface area contributed by atoms with Gasteiger partial charge in [-0.05, 0) is 31.5 Å². The van der Waals surface area contributed by atoms with Gasteiger partial charge < -0.3 is 15.5 Å². The van der Waals surface area contributed by atoms with Gasteiger partial charge in [0.15, 0.2) is 0 Å². The molecule has 0 aliphatic heterocycles. The summed E-state index contributed by atoms with van der Waals surface area (Å²) in [5, 5.41) is 1.29. The number of hydrogen-bond acceptors (Lipinski definition) is 3. The fourth-order valence-electron chi connectivity index (χ4n) is 1.70. The van der Waals surface area contributed by atoms with Crippen molar-refractivity contribution in [2.24, 2.45) is 5.73 Å². The Hall–Kier alpha value is -1.81. The number of rotatable bonds is 3. The van der Waals surface area contributed by atoms with E-state index in [4.69, 9.17) is 5.73 Å². The molecule has 0 aliphatic rings. The summed E-state index contributed by atoms with van der Waals surface area (Å²) in [6, 6.07) is 8.29. The minimum atomic E-state index is -0.211. The largest absolute Gasteiger partial charge is 0.466 e. The van der Waals surface area contributed by atoms with Crippen molar-refractivity contribution >= 4 is 16.9 Å². The first-order valence-electron chi connectivity index (χ1n) is 6.07. The number of hydrogen-bond donors (Lipinski definition) is 2. The van der Waals surface area contributed by atoms with Crippen molar-refractivity contribution in [2.45, 2.75) is 20.3 Å². The molecule has 0 amide bonds. The molecule has 4 heteroatoms. The number of aromatic nitrogens is 1. The van der Waals surface area contributed by atoms with Crippen LogP contribution in [0.15, 0.2) is 30.5 Å². The van der Waals surface area contributed by atoms with Crippen LogP contribution >= 0.6 is 0 Å². The molecule has 0 bridgehead atoms. The van der Waals surface area contributed by atoms with Crippen LogP contribution in [0.2, 0.25) is 0 Å². The van der Waals surface area contributed by atoms with Gasteiger partial charge in [-0.1, -0.05) is 18.2 Å². The van der Waals surface area contributed by atoms with Crippen LogP contribution in [0.3, 0.4) is 0 Å². The number of para-hydroxylation sites is 1. The summed E-state index contributed by atoms with van der Waals surface area (Å²) in [6.07, 6.45) is 2.99. The Labute approximate surface area is 107 Å². The van der Waals surface area contributed by atoms with E-state index in [1.54, 1.807) is 6.92 Å². The molecule has 98 valence electrons. The molecule has 0 spiro atoms. The number of nitrogens with two attached hydrogens (primary N) is 1. The molecule has 0 aliphatic carbocycles. The molecule has 2 aromatic rings. The van der Waals surface area contributed by atoms with E-state index in [1.165, 1.54) is 23.4 Å². The number of ether oxygens (including phenoxy) is 1. The maximum atomic E-state index is 9.82. The summed E-state index contributed by atoms with van der Waals surface area (Å²) in [5.74, 6) is -0.211. The van der Waals surface area contributed by atoms with Gasteiger partial charge in [-0.2, -0.15) is 0 Å². The Morgan fingerprint density at radius 1 is 1.39 bits per heavy atom. The fraction of sp³-hybridized carbons (Fsp3) is 0.357. The van der Waals surface area contributed by atoms with E-state index in [9.17, 15) is 4.79 Å². The molecule has 0 saturated heterocycles. The molecule has 0 radical (unpaired) electrons. The van der Waals surface area contributed by atoms with Gasteiger partial charge in [0.1, 0.15) is 0 Å². The molecule has 0 fully saturated rings. The lowest BCUT2D eigenvalue weighted by atomic mass is 10.1. The minimum absolute atomic E-state index is 0.211. The van der Waals surface area contributed by atoms with Crippen LogP contribution in [0.5, 0.6) is 0 Å². The molecule has 1 heterocycles. The van der Waals surface area contributed by atoms with Crippen LogP contribution in [-0.2, 0) is 16.0 Å². The third kappa shape index (κ3) is 4.22. The molecule has 2 rings (SSSR count). The van der Waals surface area contributed by atoms with E-state index in [-0.39, 0.29) is 5.97 Å². The number of nitrogens with one attached hydrogen (secondary N) is 1. The van der Waals surface area contributed by atoms with Crippen LogP contribution in [0.4, 0.5) is 0 Å². The zero-order valence-electron chi connectivity index (χ0n) is 10.9. The zero-order chi connectivity index (χ0) is 13.4. The number of esters is 1. The van der Waals surface area contributed by atoms with Gasteiger partial charge in [-0.3, -0.25) is 4.79 Å². The standard InChI is InChI=1S/C10H12N2.C4H8O2/c11-6-5-8-7-12-10-4-2-1-3-9(8)10;1-3-6-4(2)5/h1-4,7,12H,5-6,11H2;3H2,1-2H3. The highest BCUT2D eigenvalue weighted by molar-refractivity contribution is 5.83. The predicted octanol–water partition coefficient (Wildman–Crippen LogP) is 2.24. The van der Waals surface area contributed by atoms with Gasteiger partial charge in [0.05, 0.1) is 6.61 Å². The van der Waals surface area contributed by atoms with E-state index in [0.717, 1.165) is 6.42 Å². The van der Waals surface area contributed by atoms with E-state index >= 15 is 0 Å². The average Bonchev–Trinajstić information content (AvgIpc) is 2.74. The quantitative estimate of drug-likeness (QED) is 0.818. The van der Waals surface area contributed by atoms with Gasteiger partial charge >= 0.3 is 5.97 Å². The number of fused-ring (bicyclic) bond motifs is 1. The number of aromatic amines is 1. The second-order valence-corrected chi connectivity index (χ2v) is 3.82. The highest BCUT2D eigenvalue weighted by Crippen LogP contribution is 2.17. The Morgan fingerprint density at radius 3 is 2.67 bits per heavy atom. The van der Waals surface area contributed by atoms with Gasteiger partial charge in [0, 0.05) is 24.0 Å². The van der Waals surface area contributed by atoms with E-state index in [0.29, 0.717) is 13.2 Å². The smallest absolute Gasteiger partial charge is 0.302 e. The lowest BCUT2D eigenvalue weighted by Crippen LogP contribution is -2.01. The predicted molar refractivity (Wildman–Crippen MR) is 73.4 cm³/mol. The SMILES string of the molecule is CCOC(C)=O.NCCc1c[nH]c2ccccc12. The second-order valence-electron chi connectivity index (χ2n) is 3.82. The lowest BCUT2D eigenvalue weighted by Gasteiger charge is -1.93. The van der Waals surface area contributed by atoms with Gasteiger partial charge in [-0.15, -0.1) is 0 Å². The van der Waals surface area contributed by atoms with Crippen molar-refractivity contribution in [3.05, 3.63) is 36.0 Å². The highest BCUT2D eigenvalue weighted by atomic mass is 16.5. The molecule has 0 atom stereocenters. The van der Waals surface area contributed by atoms with Gasteiger partial charge in [0.2, 0.25) is 0 Å². The topological polar surface area (TPSA) is 68.1 Å². The number of benzene rings is 1. The monoisotopic (exact) mass is 248 g/mol. The zero-order valence-corrected chi connectivity index (χ0v) is 10.9. The van der Waals surface area contributed by atoms with Crippen molar-refractivity contribution in [2.75, 3.05) is 13.2 Å². The molecular weight excluding hydrogens is 228 g/mol. The number of carbonyl (C=O) groups is 1. The molecule has 3 N–H and O–H groups in total. The Bertz CT molecular complexity index is 491. The first kappa shape index (κ1) is 14.3. The van der Waals surface area contributed by atoms with E-state index < -0.39 is 0 Å². The lowest BCUT2D eigenvalue weighted by molar-refractivity contribution is -0.140. The van der Waals surface area contributed by atoms with Crippen molar-refractivity contribution in [3.8, 4) is 0 Å². The number of H-pyrrole nitrogens is 1. The molecule has 4 nitrogen and oxygen atoms in total. The van der Waals surface area contributed by atoms with E-state index in [2.05, 4.69) is 27.9 Å². The maximum Gasteiger partial charge on any atom is 0.302 e. The van der Waals surface area contributed by atoms with Crippen LogP contribution in [0.25, 0.3) is 10.9 Å². The third-order valence-electron chi connectivity index (χ3n) is 2.44. The van der Waals surface area contributed by atoms with Crippen molar-refractivity contribution in [1.82, 2.24) is 4.98 Å². The molecular formula is C14H20N2O2. The summed E-state index contributed by atoms with van der Waals surface area (Å²) < 4.78 is 4.40. The summed E-state index contributed by atoms with van der Waals surface area (Å²) >= 11 is 0. The van der Waals surface area contributed by atoms with Gasteiger partial charge in [-0.25, -0.2) is 0 Å². The summed E-state index contributed by atoms with van der Waals surface area (Å²) in [6.45, 7) is 4.36. The molecule has 1 aromatic heterocycles. The van der Waals surface area contributed by atoms with Crippen molar-refractivity contribution in [3.63, 3.8) is 0 Å². The van der Waals surface area contributed by atoms with Gasteiger partial charge in [0.25, 0.3) is 0 Å². The molecule has 0 saturated carbocycles. The molecule has 0 unspecified atom stereocenters. The Kier molecular flexibility index (Phi) is 5.94. The van der Waals surface area contributed by atoms with Crippen LogP contribution in [0, 0.1) is 0 Å². The Morgan fingerprint density at radius 2 is 2.11 bits per heavy atom. The normalized spacial score (nSPS) is 9.72. The third-order valence-corrected chi connectivity index (χ3v) is 2.44. The first-order chi connectivity index (χ1) is 8.69. The average molecular weight is 248 g/mol. The summed E-state index contributed by atoms with van der Waals surface area (Å²) in [7, 11) is 0. The number of carbonyl (C=O) groups excluding carboxylic acids is 1. The van der Waals surface area contributed by atoms with Crippen LogP contribution in [-0.4, -0.2) is 24.1 Å². The fourth-order valence-corrected chi connectivity index (χ4v) is 1.70. The summed E-state index contributed by atoms with van der Waals surface area (Å²) in [4.78, 5) is 13.0. The summed E-state index contributed by atoms with van der Waals surface area (Å²) in [5.41, 5.74) is 8.01. The highest BCUT2D eigenvalue weighted by Gasteiger charge is 1.99. The molecule has 1 aromatic carbocycles. The van der Waals surface area contributed by atoms with Crippen LogP contribution in [0.1, 0.15) is 19.4 Å². The van der Waals surface area contributed by atoms with Crippen LogP contribution < -0.4 is 5.73 Å². The minimum Gasteiger partial charge on any atom is -0.466 e. The Balaban J connectivity index is 0.000000232.